The number of likely N-dealkylation sites (tertiary alicyclic amines) is 1. The largest absolute Gasteiger partial charge is 0.494 e. The van der Waals surface area contributed by atoms with E-state index in [4.69, 9.17) is 10.5 Å². The molecule has 17 heavy (non-hydrogen) atoms. The zero-order valence-electron chi connectivity index (χ0n) is 10.2. The third kappa shape index (κ3) is 2.96. The van der Waals surface area contributed by atoms with Crippen LogP contribution in [0.1, 0.15) is 18.4 Å². The van der Waals surface area contributed by atoms with Gasteiger partial charge in [-0.25, -0.2) is 4.39 Å². The second-order valence-corrected chi connectivity index (χ2v) is 4.57. The van der Waals surface area contributed by atoms with Crippen LogP contribution >= 0.6 is 0 Å². The van der Waals surface area contributed by atoms with E-state index in [1.165, 1.54) is 7.11 Å². The van der Waals surface area contributed by atoms with Gasteiger partial charge in [0.1, 0.15) is 0 Å². The summed E-state index contributed by atoms with van der Waals surface area (Å²) in [6.07, 6.45) is 2.16. The quantitative estimate of drug-likeness (QED) is 0.872. The van der Waals surface area contributed by atoms with E-state index >= 15 is 0 Å². The third-order valence-corrected chi connectivity index (χ3v) is 3.20. The Bertz CT molecular complexity index is 384. The lowest BCUT2D eigenvalue weighted by atomic mass is 10.1. The van der Waals surface area contributed by atoms with Crippen LogP contribution in [-0.4, -0.2) is 31.1 Å². The van der Waals surface area contributed by atoms with Gasteiger partial charge < -0.3 is 10.5 Å². The number of hydrogen-bond donors (Lipinski definition) is 1. The Morgan fingerprint density at radius 1 is 1.53 bits per heavy atom. The van der Waals surface area contributed by atoms with Crippen molar-refractivity contribution in [3.8, 4) is 5.75 Å². The van der Waals surface area contributed by atoms with Gasteiger partial charge in [0, 0.05) is 24.7 Å². The average Bonchev–Trinajstić information content (AvgIpc) is 2.32. The van der Waals surface area contributed by atoms with E-state index in [1.54, 1.807) is 12.1 Å². The number of benzene rings is 1. The van der Waals surface area contributed by atoms with E-state index in [9.17, 15) is 4.39 Å². The molecule has 0 spiro atoms. The number of nitrogens with two attached hydrogens (primary N) is 1. The molecule has 1 atom stereocenters. The van der Waals surface area contributed by atoms with Crippen molar-refractivity contribution in [1.82, 2.24) is 4.90 Å². The number of piperidine rings is 1. The van der Waals surface area contributed by atoms with Crippen LogP contribution in [0.5, 0.6) is 5.75 Å². The molecule has 1 saturated heterocycles. The van der Waals surface area contributed by atoms with Gasteiger partial charge in [-0.15, -0.1) is 0 Å². The summed E-state index contributed by atoms with van der Waals surface area (Å²) >= 11 is 0. The van der Waals surface area contributed by atoms with Gasteiger partial charge in [0.2, 0.25) is 0 Å². The summed E-state index contributed by atoms with van der Waals surface area (Å²) in [7, 11) is 1.49. The molecule has 2 rings (SSSR count). The van der Waals surface area contributed by atoms with Crippen molar-refractivity contribution in [3.05, 3.63) is 29.6 Å². The lowest BCUT2D eigenvalue weighted by molar-refractivity contribution is 0.198. The fraction of sp³-hybridized carbons (Fsp3) is 0.538. The summed E-state index contributed by atoms with van der Waals surface area (Å²) < 4.78 is 18.9. The summed E-state index contributed by atoms with van der Waals surface area (Å²) in [6.45, 7) is 2.44. The van der Waals surface area contributed by atoms with Gasteiger partial charge in [-0.1, -0.05) is 12.1 Å². The first-order valence-electron chi connectivity index (χ1n) is 6.00. The lowest BCUT2D eigenvalue weighted by Crippen LogP contribution is -2.42. The van der Waals surface area contributed by atoms with Crippen molar-refractivity contribution in [2.45, 2.75) is 25.4 Å². The Balaban J connectivity index is 2.07. The normalized spacial score (nSPS) is 21.5. The molecule has 1 aromatic carbocycles. The van der Waals surface area contributed by atoms with Crippen LogP contribution in [-0.2, 0) is 6.54 Å². The lowest BCUT2D eigenvalue weighted by Gasteiger charge is -2.30. The fourth-order valence-corrected chi connectivity index (χ4v) is 2.31. The van der Waals surface area contributed by atoms with Crippen molar-refractivity contribution in [2.75, 3.05) is 20.2 Å². The number of rotatable bonds is 3. The van der Waals surface area contributed by atoms with Gasteiger partial charge in [0.15, 0.2) is 11.6 Å². The first kappa shape index (κ1) is 12.3. The van der Waals surface area contributed by atoms with Crippen LogP contribution in [0.2, 0.25) is 0 Å². The molecule has 1 fully saturated rings. The Labute approximate surface area is 101 Å². The van der Waals surface area contributed by atoms with E-state index < -0.39 is 0 Å². The van der Waals surface area contributed by atoms with Crippen LogP contribution < -0.4 is 10.5 Å². The van der Waals surface area contributed by atoms with Crippen LogP contribution in [0.25, 0.3) is 0 Å². The summed E-state index contributed by atoms with van der Waals surface area (Å²) in [5.41, 5.74) is 6.59. The Morgan fingerprint density at radius 3 is 3.06 bits per heavy atom. The van der Waals surface area contributed by atoms with Crippen LogP contribution in [0.15, 0.2) is 18.2 Å². The minimum Gasteiger partial charge on any atom is -0.494 e. The minimum absolute atomic E-state index is 0.220. The molecule has 3 nitrogen and oxygen atoms in total. The van der Waals surface area contributed by atoms with Crippen molar-refractivity contribution in [1.29, 1.82) is 0 Å². The molecule has 0 unspecified atom stereocenters. The Hall–Kier alpha value is -1.13. The molecule has 4 heteroatoms. The number of nitrogens with zero attached hydrogens (tertiary/aromatic N) is 1. The molecule has 0 saturated carbocycles. The number of hydrogen-bond acceptors (Lipinski definition) is 3. The zero-order valence-corrected chi connectivity index (χ0v) is 10.2. The van der Waals surface area contributed by atoms with Gasteiger partial charge in [-0.2, -0.15) is 0 Å². The summed E-state index contributed by atoms with van der Waals surface area (Å²) in [5, 5.41) is 0. The Kier molecular flexibility index (Phi) is 3.97. The topological polar surface area (TPSA) is 38.5 Å². The smallest absolute Gasteiger partial charge is 0.169 e. The molecule has 0 amide bonds. The highest BCUT2D eigenvalue weighted by atomic mass is 19.1. The van der Waals surface area contributed by atoms with Gasteiger partial charge in [0.25, 0.3) is 0 Å². The predicted octanol–water partition coefficient (Wildman–Crippen LogP) is 1.76. The van der Waals surface area contributed by atoms with E-state index in [2.05, 4.69) is 4.90 Å². The minimum atomic E-state index is -0.255. The number of halogens is 1. The standard InChI is InChI=1S/C13H19FN2O/c1-17-12-6-2-4-10(13(12)14)8-16-7-3-5-11(15)9-16/h2,4,6,11H,3,5,7-9,15H2,1H3/t11-/m1/s1. The SMILES string of the molecule is COc1cccc(CN2CCC[C@@H](N)C2)c1F. The molecule has 0 aromatic heterocycles. The first-order chi connectivity index (χ1) is 8.20. The fourth-order valence-electron chi connectivity index (χ4n) is 2.31. The summed E-state index contributed by atoms with van der Waals surface area (Å²) in [5.74, 6) is 0.0537. The second kappa shape index (κ2) is 5.47. The van der Waals surface area contributed by atoms with Gasteiger partial charge in [-0.3, -0.25) is 4.90 Å². The monoisotopic (exact) mass is 238 g/mol. The van der Waals surface area contributed by atoms with Gasteiger partial charge in [0.05, 0.1) is 7.11 Å². The van der Waals surface area contributed by atoms with Crippen LogP contribution in [0, 0.1) is 5.82 Å². The highest BCUT2D eigenvalue weighted by Gasteiger charge is 2.18. The average molecular weight is 238 g/mol. The van der Waals surface area contributed by atoms with Crippen LogP contribution in [0.4, 0.5) is 4.39 Å². The van der Waals surface area contributed by atoms with E-state index in [0.29, 0.717) is 17.9 Å². The van der Waals surface area contributed by atoms with Crippen molar-refractivity contribution >= 4 is 0 Å². The van der Waals surface area contributed by atoms with E-state index in [1.807, 2.05) is 6.07 Å². The molecule has 2 N–H and O–H groups in total. The molecule has 1 aliphatic heterocycles. The molecule has 0 bridgehead atoms. The highest BCUT2D eigenvalue weighted by molar-refractivity contribution is 5.31. The summed E-state index contributed by atoms with van der Waals surface area (Å²) in [6, 6.07) is 5.48. The molecule has 1 heterocycles. The zero-order chi connectivity index (χ0) is 12.3. The highest BCUT2D eigenvalue weighted by Crippen LogP contribution is 2.22. The van der Waals surface area contributed by atoms with E-state index in [-0.39, 0.29) is 11.9 Å². The van der Waals surface area contributed by atoms with Crippen molar-refractivity contribution in [2.24, 2.45) is 5.73 Å². The van der Waals surface area contributed by atoms with Crippen molar-refractivity contribution < 1.29 is 9.13 Å². The third-order valence-electron chi connectivity index (χ3n) is 3.20. The molecule has 1 aromatic rings. The number of methoxy groups -OCH3 is 1. The Morgan fingerprint density at radius 2 is 2.35 bits per heavy atom. The first-order valence-corrected chi connectivity index (χ1v) is 6.00. The maximum Gasteiger partial charge on any atom is 0.169 e. The molecule has 94 valence electrons. The summed E-state index contributed by atoms with van der Waals surface area (Å²) in [4.78, 5) is 2.20. The molecule has 0 radical (unpaired) electrons. The van der Waals surface area contributed by atoms with Gasteiger partial charge >= 0.3 is 0 Å². The maximum absolute atomic E-state index is 13.9. The number of ether oxygens (including phenoxy) is 1. The van der Waals surface area contributed by atoms with Crippen molar-refractivity contribution in [3.63, 3.8) is 0 Å². The van der Waals surface area contributed by atoms with Crippen LogP contribution in [0.3, 0.4) is 0 Å². The molecular weight excluding hydrogens is 219 g/mol. The maximum atomic E-state index is 13.9. The predicted molar refractivity (Wildman–Crippen MR) is 65.4 cm³/mol. The molecular formula is C13H19FN2O. The van der Waals surface area contributed by atoms with Gasteiger partial charge in [-0.05, 0) is 25.5 Å². The molecule has 0 aliphatic carbocycles. The second-order valence-electron chi connectivity index (χ2n) is 4.57. The molecule has 1 aliphatic rings. The van der Waals surface area contributed by atoms with E-state index in [0.717, 1.165) is 25.9 Å².